The summed E-state index contributed by atoms with van der Waals surface area (Å²) in [6, 6.07) is 0. The predicted octanol–water partition coefficient (Wildman–Crippen LogP) is 8.18. The van der Waals surface area contributed by atoms with Crippen LogP contribution in [0.2, 0.25) is 18.6 Å². The SMILES string of the molecule is CC1=C(O[Si](C)(C)C2C3CCCCC3C3CCCCC32)C2C(C)CCC(C)C2C1. The Kier molecular flexibility index (Phi) is 5.49. The van der Waals surface area contributed by atoms with Crippen LogP contribution in [0.1, 0.15) is 91.4 Å². The normalized spacial score (nSPS) is 47.6. The molecule has 0 aromatic rings. The first kappa shape index (κ1) is 20.6. The second kappa shape index (κ2) is 7.71. The van der Waals surface area contributed by atoms with Gasteiger partial charge < -0.3 is 4.43 Å². The van der Waals surface area contributed by atoms with Crippen LogP contribution in [0.5, 0.6) is 0 Å². The highest BCUT2D eigenvalue weighted by atomic mass is 28.4. The number of hydrogen-bond donors (Lipinski definition) is 0. The smallest absolute Gasteiger partial charge is 0.248 e. The molecule has 29 heavy (non-hydrogen) atoms. The van der Waals surface area contributed by atoms with Crippen molar-refractivity contribution in [2.24, 2.45) is 47.3 Å². The van der Waals surface area contributed by atoms with E-state index >= 15 is 0 Å². The maximum Gasteiger partial charge on any atom is 0.248 e. The summed E-state index contributed by atoms with van der Waals surface area (Å²) in [5.41, 5.74) is 2.55. The minimum atomic E-state index is -1.78. The van der Waals surface area contributed by atoms with Crippen molar-refractivity contribution < 1.29 is 4.43 Å². The van der Waals surface area contributed by atoms with E-state index in [1.165, 1.54) is 76.4 Å². The van der Waals surface area contributed by atoms with Gasteiger partial charge in [-0.05, 0) is 98.2 Å². The fraction of sp³-hybridized carbons (Fsp3) is 0.926. The molecule has 8 unspecified atom stereocenters. The molecule has 0 spiro atoms. The van der Waals surface area contributed by atoms with Gasteiger partial charge in [0.2, 0.25) is 8.32 Å². The Balaban J connectivity index is 1.42. The van der Waals surface area contributed by atoms with Gasteiger partial charge in [0.25, 0.3) is 0 Å². The Morgan fingerprint density at radius 1 is 0.690 bits per heavy atom. The first-order valence-corrected chi connectivity index (χ1v) is 16.3. The van der Waals surface area contributed by atoms with E-state index in [1.807, 2.05) is 0 Å². The molecule has 0 bridgehead atoms. The summed E-state index contributed by atoms with van der Waals surface area (Å²) < 4.78 is 7.40. The van der Waals surface area contributed by atoms with Gasteiger partial charge in [-0.3, -0.25) is 0 Å². The molecule has 5 aliphatic rings. The highest BCUT2D eigenvalue weighted by Crippen LogP contribution is 2.63. The van der Waals surface area contributed by atoms with E-state index in [4.69, 9.17) is 4.43 Å². The van der Waals surface area contributed by atoms with Crippen LogP contribution in [0.3, 0.4) is 0 Å². The molecule has 4 fully saturated rings. The van der Waals surface area contributed by atoms with Crippen molar-refractivity contribution in [3.8, 4) is 0 Å². The monoisotopic (exact) mass is 414 g/mol. The van der Waals surface area contributed by atoms with Crippen molar-refractivity contribution in [2.45, 2.75) is 110 Å². The van der Waals surface area contributed by atoms with E-state index < -0.39 is 8.32 Å². The lowest BCUT2D eigenvalue weighted by Crippen LogP contribution is -2.44. The summed E-state index contributed by atoms with van der Waals surface area (Å²) in [4.78, 5) is 0. The molecule has 1 nitrogen and oxygen atoms in total. The lowest BCUT2D eigenvalue weighted by atomic mass is 9.69. The summed E-state index contributed by atoms with van der Waals surface area (Å²) >= 11 is 0. The van der Waals surface area contributed by atoms with E-state index in [2.05, 4.69) is 33.9 Å². The average molecular weight is 415 g/mol. The van der Waals surface area contributed by atoms with Gasteiger partial charge >= 0.3 is 0 Å². The average Bonchev–Trinajstić information content (AvgIpc) is 3.21. The van der Waals surface area contributed by atoms with Gasteiger partial charge in [-0.2, -0.15) is 0 Å². The third kappa shape index (κ3) is 3.38. The van der Waals surface area contributed by atoms with Gasteiger partial charge in [-0.1, -0.05) is 58.8 Å². The maximum atomic E-state index is 7.40. The Labute approximate surface area is 181 Å². The number of rotatable bonds is 3. The molecule has 5 rings (SSSR count). The van der Waals surface area contributed by atoms with Crippen molar-refractivity contribution in [3.05, 3.63) is 11.3 Å². The molecule has 0 radical (unpaired) electrons. The zero-order valence-corrected chi connectivity index (χ0v) is 20.9. The second-order valence-corrected chi connectivity index (χ2v) is 16.6. The summed E-state index contributed by atoms with van der Waals surface area (Å²) in [5, 5.41) is 0. The van der Waals surface area contributed by atoms with E-state index in [0.717, 1.165) is 52.9 Å². The largest absolute Gasteiger partial charge is 0.547 e. The van der Waals surface area contributed by atoms with E-state index in [1.54, 1.807) is 5.57 Å². The molecule has 5 aliphatic carbocycles. The summed E-state index contributed by atoms with van der Waals surface area (Å²) in [7, 11) is -1.78. The molecule has 0 amide bonds. The van der Waals surface area contributed by atoms with E-state index in [-0.39, 0.29) is 0 Å². The molecule has 0 saturated heterocycles. The Morgan fingerprint density at radius 3 is 1.79 bits per heavy atom. The van der Waals surface area contributed by atoms with Gasteiger partial charge in [0.05, 0.1) is 5.76 Å². The van der Waals surface area contributed by atoms with Crippen molar-refractivity contribution in [3.63, 3.8) is 0 Å². The molecule has 0 heterocycles. The number of hydrogen-bond acceptors (Lipinski definition) is 1. The van der Waals surface area contributed by atoms with Crippen LogP contribution < -0.4 is 0 Å². The zero-order chi connectivity index (χ0) is 20.3. The molecule has 4 saturated carbocycles. The molecular formula is C27H46OSi. The molecule has 2 heteroatoms. The second-order valence-electron chi connectivity index (χ2n) is 12.5. The summed E-state index contributed by atoms with van der Waals surface area (Å²) in [6.07, 6.45) is 16.2. The van der Waals surface area contributed by atoms with Gasteiger partial charge in [0.1, 0.15) is 0 Å². The molecule has 8 atom stereocenters. The van der Waals surface area contributed by atoms with Crippen molar-refractivity contribution >= 4 is 8.32 Å². The number of fused-ring (bicyclic) bond motifs is 4. The topological polar surface area (TPSA) is 9.23 Å². The molecular weight excluding hydrogens is 368 g/mol. The Morgan fingerprint density at radius 2 is 1.21 bits per heavy atom. The van der Waals surface area contributed by atoms with Crippen LogP contribution in [0.15, 0.2) is 11.3 Å². The Bertz CT molecular complexity index is 629. The van der Waals surface area contributed by atoms with Crippen LogP contribution in [0.25, 0.3) is 0 Å². The molecule has 0 aromatic heterocycles. The predicted molar refractivity (Wildman–Crippen MR) is 125 cm³/mol. The van der Waals surface area contributed by atoms with Crippen molar-refractivity contribution in [1.29, 1.82) is 0 Å². The number of allylic oxidation sites excluding steroid dienone is 2. The van der Waals surface area contributed by atoms with Crippen molar-refractivity contribution in [2.75, 3.05) is 0 Å². The van der Waals surface area contributed by atoms with Crippen LogP contribution in [-0.2, 0) is 4.43 Å². The first-order valence-electron chi connectivity index (χ1n) is 13.3. The Hall–Kier alpha value is -0.243. The van der Waals surface area contributed by atoms with Gasteiger partial charge in [-0.25, -0.2) is 0 Å². The van der Waals surface area contributed by atoms with Crippen LogP contribution in [0.4, 0.5) is 0 Å². The standard InChI is InChI=1S/C27H46OSi/c1-17-14-15-18(2)25-24(17)16-19(3)26(25)28-29(4,5)27-22-12-8-6-10-20(22)21-11-7-9-13-23(21)27/h17-18,20-25,27H,6-16H2,1-5H3. The fourth-order valence-electron chi connectivity index (χ4n) is 9.40. The minimum Gasteiger partial charge on any atom is -0.547 e. The fourth-order valence-corrected chi connectivity index (χ4v) is 13.3. The first-order chi connectivity index (χ1) is 13.9. The van der Waals surface area contributed by atoms with Gasteiger partial charge in [0, 0.05) is 5.92 Å². The van der Waals surface area contributed by atoms with Crippen LogP contribution >= 0.6 is 0 Å². The van der Waals surface area contributed by atoms with Crippen LogP contribution in [-0.4, -0.2) is 8.32 Å². The summed E-state index contributed by atoms with van der Waals surface area (Å²) in [6.45, 7) is 12.7. The molecule has 0 N–H and O–H groups in total. The third-order valence-electron chi connectivity index (χ3n) is 10.5. The van der Waals surface area contributed by atoms with E-state index in [9.17, 15) is 0 Å². The lowest BCUT2D eigenvalue weighted by Gasteiger charge is -2.43. The van der Waals surface area contributed by atoms with Gasteiger partial charge in [-0.15, -0.1) is 0 Å². The van der Waals surface area contributed by atoms with Crippen molar-refractivity contribution in [1.82, 2.24) is 0 Å². The zero-order valence-electron chi connectivity index (χ0n) is 19.9. The van der Waals surface area contributed by atoms with Crippen LogP contribution in [0, 0.1) is 47.3 Å². The molecule has 0 aliphatic heterocycles. The lowest BCUT2D eigenvalue weighted by molar-refractivity contribution is 0.120. The molecule has 0 aromatic carbocycles. The third-order valence-corrected chi connectivity index (χ3v) is 13.8. The van der Waals surface area contributed by atoms with Gasteiger partial charge in [0.15, 0.2) is 0 Å². The quantitative estimate of drug-likeness (QED) is 0.423. The highest BCUT2D eigenvalue weighted by molar-refractivity contribution is 6.73. The molecule has 164 valence electrons. The maximum absolute atomic E-state index is 7.40. The minimum absolute atomic E-state index is 0.733. The highest BCUT2D eigenvalue weighted by Gasteiger charge is 2.58. The summed E-state index contributed by atoms with van der Waals surface area (Å²) in [5.74, 6) is 8.92. The van der Waals surface area contributed by atoms with E-state index in [0.29, 0.717) is 0 Å².